The van der Waals surface area contributed by atoms with Crippen LogP contribution in [0.4, 0.5) is 0 Å². The molecule has 1 aliphatic heterocycles. The lowest BCUT2D eigenvalue weighted by Gasteiger charge is -2.21. The van der Waals surface area contributed by atoms with Crippen LogP contribution in [0.5, 0.6) is 0 Å². The first kappa shape index (κ1) is 11.5. The SMILES string of the molecule is Cc1nc(C2(C)CCCO2)nc(Cl)c1I. The summed E-state index contributed by atoms with van der Waals surface area (Å²) >= 11 is 8.20. The first-order valence-electron chi connectivity index (χ1n) is 4.87. The van der Waals surface area contributed by atoms with E-state index in [4.69, 9.17) is 16.3 Å². The molecule has 0 saturated carbocycles. The predicted octanol–water partition coefficient (Wildman–Crippen LogP) is 3.07. The van der Waals surface area contributed by atoms with Crippen molar-refractivity contribution in [1.82, 2.24) is 9.97 Å². The van der Waals surface area contributed by atoms with Gasteiger partial charge in [-0.3, -0.25) is 0 Å². The van der Waals surface area contributed by atoms with Crippen LogP contribution in [0.15, 0.2) is 0 Å². The number of ether oxygens (including phenoxy) is 1. The Bertz CT molecular complexity index is 368. The summed E-state index contributed by atoms with van der Waals surface area (Å²) in [5.74, 6) is 0.711. The largest absolute Gasteiger partial charge is 0.367 e. The molecule has 2 heterocycles. The summed E-state index contributed by atoms with van der Waals surface area (Å²) in [5.41, 5.74) is 0.570. The highest BCUT2D eigenvalue weighted by molar-refractivity contribution is 14.1. The Morgan fingerprint density at radius 2 is 2.20 bits per heavy atom. The lowest BCUT2D eigenvalue weighted by Crippen LogP contribution is -2.24. The molecule has 1 fully saturated rings. The smallest absolute Gasteiger partial charge is 0.161 e. The third-order valence-corrected chi connectivity index (χ3v) is 4.55. The fourth-order valence-electron chi connectivity index (χ4n) is 1.72. The molecule has 0 aromatic carbocycles. The van der Waals surface area contributed by atoms with E-state index < -0.39 is 0 Å². The van der Waals surface area contributed by atoms with Gasteiger partial charge < -0.3 is 4.74 Å². The van der Waals surface area contributed by atoms with Gasteiger partial charge in [0.2, 0.25) is 0 Å². The number of nitrogens with zero attached hydrogens (tertiary/aromatic N) is 2. The molecule has 1 aromatic heterocycles. The molecule has 1 atom stereocenters. The van der Waals surface area contributed by atoms with Crippen molar-refractivity contribution in [3.63, 3.8) is 0 Å². The van der Waals surface area contributed by atoms with Crippen molar-refractivity contribution in [2.45, 2.75) is 32.3 Å². The molecule has 5 heteroatoms. The van der Waals surface area contributed by atoms with Crippen molar-refractivity contribution < 1.29 is 4.74 Å². The molecule has 1 unspecified atom stereocenters. The zero-order valence-corrected chi connectivity index (χ0v) is 11.6. The maximum atomic E-state index is 6.05. The van der Waals surface area contributed by atoms with Crippen LogP contribution in [0.25, 0.3) is 0 Å². The number of aromatic nitrogens is 2. The molecule has 3 nitrogen and oxygen atoms in total. The Morgan fingerprint density at radius 1 is 1.47 bits per heavy atom. The van der Waals surface area contributed by atoms with Crippen molar-refractivity contribution >= 4 is 34.2 Å². The standard InChI is InChI=1S/C10H12ClIN2O/c1-6-7(12)8(11)14-9(13-6)10(2)4-3-5-15-10/h3-5H2,1-2H3. The molecule has 0 radical (unpaired) electrons. The fourth-order valence-corrected chi connectivity index (χ4v) is 2.17. The van der Waals surface area contributed by atoms with Crippen LogP contribution < -0.4 is 0 Å². The van der Waals surface area contributed by atoms with E-state index in [1.165, 1.54) is 0 Å². The minimum atomic E-state index is -0.348. The quantitative estimate of drug-likeness (QED) is 0.583. The molecular weight excluding hydrogens is 326 g/mol. The Hall–Kier alpha value is 0.0600. The average molecular weight is 339 g/mol. The second-order valence-electron chi connectivity index (χ2n) is 3.92. The van der Waals surface area contributed by atoms with E-state index >= 15 is 0 Å². The van der Waals surface area contributed by atoms with E-state index in [-0.39, 0.29) is 5.60 Å². The van der Waals surface area contributed by atoms with Gasteiger partial charge in [-0.1, -0.05) is 11.6 Å². The van der Waals surface area contributed by atoms with Gasteiger partial charge in [-0.15, -0.1) is 0 Å². The molecule has 0 spiro atoms. The molecule has 82 valence electrons. The molecule has 1 saturated heterocycles. The topological polar surface area (TPSA) is 35.0 Å². The highest BCUT2D eigenvalue weighted by Gasteiger charge is 2.35. The van der Waals surface area contributed by atoms with Gasteiger partial charge in [0.15, 0.2) is 5.82 Å². The van der Waals surface area contributed by atoms with Gasteiger partial charge in [0.1, 0.15) is 10.8 Å². The molecule has 0 bridgehead atoms. The van der Waals surface area contributed by atoms with Gasteiger partial charge in [-0.2, -0.15) is 0 Å². The van der Waals surface area contributed by atoms with Gasteiger partial charge in [0.25, 0.3) is 0 Å². The number of rotatable bonds is 1. The van der Waals surface area contributed by atoms with Crippen LogP contribution in [0.2, 0.25) is 5.15 Å². The van der Waals surface area contributed by atoms with Crippen molar-refractivity contribution in [1.29, 1.82) is 0 Å². The Labute approximate surface area is 108 Å². The van der Waals surface area contributed by atoms with Crippen LogP contribution in [0.1, 0.15) is 31.3 Å². The van der Waals surface area contributed by atoms with Gasteiger partial charge in [0, 0.05) is 6.61 Å². The van der Waals surface area contributed by atoms with Gasteiger partial charge in [0.05, 0.1) is 9.26 Å². The highest BCUT2D eigenvalue weighted by atomic mass is 127. The molecule has 1 aliphatic rings. The van der Waals surface area contributed by atoms with Crippen LogP contribution in [0, 0.1) is 10.5 Å². The second kappa shape index (κ2) is 4.14. The molecule has 1 aromatic rings. The third kappa shape index (κ3) is 2.12. The molecule has 0 aliphatic carbocycles. The molecule has 0 N–H and O–H groups in total. The highest BCUT2D eigenvalue weighted by Crippen LogP contribution is 2.34. The first-order valence-corrected chi connectivity index (χ1v) is 6.33. The Balaban J connectivity index is 2.45. The number of aryl methyl sites for hydroxylation is 1. The van der Waals surface area contributed by atoms with E-state index in [0.717, 1.165) is 28.7 Å². The second-order valence-corrected chi connectivity index (χ2v) is 5.36. The molecule has 15 heavy (non-hydrogen) atoms. The summed E-state index contributed by atoms with van der Waals surface area (Å²) in [4.78, 5) is 8.77. The minimum Gasteiger partial charge on any atom is -0.367 e. The van der Waals surface area contributed by atoms with Gasteiger partial charge in [-0.05, 0) is 49.3 Å². The van der Waals surface area contributed by atoms with E-state index in [9.17, 15) is 0 Å². The summed E-state index contributed by atoms with van der Waals surface area (Å²) < 4.78 is 6.61. The van der Waals surface area contributed by atoms with Crippen LogP contribution in [-0.4, -0.2) is 16.6 Å². The molecular formula is C10H12ClIN2O. The van der Waals surface area contributed by atoms with E-state index in [1.54, 1.807) is 0 Å². The van der Waals surface area contributed by atoms with E-state index in [0.29, 0.717) is 11.0 Å². The van der Waals surface area contributed by atoms with Gasteiger partial charge >= 0.3 is 0 Å². The Morgan fingerprint density at radius 3 is 2.73 bits per heavy atom. The Kier molecular flexibility index (Phi) is 3.19. The maximum absolute atomic E-state index is 6.05. The average Bonchev–Trinajstić information content (AvgIpc) is 2.62. The van der Waals surface area contributed by atoms with Crippen molar-refractivity contribution in [2.24, 2.45) is 0 Å². The van der Waals surface area contributed by atoms with Crippen molar-refractivity contribution in [3.8, 4) is 0 Å². The van der Waals surface area contributed by atoms with Crippen LogP contribution in [0.3, 0.4) is 0 Å². The van der Waals surface area contributed by atoms with E-state index in [2.05, 4.69) is 32.6 Å². The van der Waals surface area contributed by atoms with Crippen LogP contribution in [-0.2, 0) is 10.3 Å². The van der Waals surface area contributed by atoms with Crippen molar-refractivity contribution in [2.75, 3.05) is 6.61 Å². The van der Waals surface area contributed by atoms with Crippen molar-refractivity contribution in [3.05, 3.63) is 20.2 Å². The molecule has 2 rings (SSSR count). The summed E-state index contributed by atoms with van der Waals surface area (Å²) in [7, 11) is 0. The summed E-state index contributed by atoms with van der Waals surface area (Å²) in [6.45, 7) is 4.75. The zero-order chi connectivity index (χ0) is 11.1. The van der Waals surface area contributed by atoms with Gasteiger partial charge in [-0.25, -0.2) is 9.97 Å². The monoisotopic (exact) mass is 338 g/mol. The zero-order valence-electron chi connectivity index (χ0n) is 8.68. The number of hydrogen-bond donors (Lipinski definition) is 0. The summed E-state index contributed by atoms with van der Waals surface area (Å²) in [5, 5.41) is 0.523. The lowest BCUT2D eigenvalue weighted by atomic mass is 10.0. The normalized spacial score (nSPS) is 25.9. The van der Waals surface area contributed by atoms with E-state index in [1.807, 2.05) is 13.8 Å². The predicted molar refractivity (Wildman–Crippen MR) is 67.0 cm³/mol. The third-order valence-electron chi connectivity index (χ3n) is 2.67. The number of halogens is 2. The number of hydrogen-bond acceptors (Lipinski definition) is 3. The fraction of sp³-hybridized carbons (Fsp3) is 0.600. The van der Waals surface area contributed by atoms with Crippen LogP contribution >= 0.6 is 34.2 Å². The summed E-state index contributed by atoms with van der Waals surface area (Å²) in [6.07, 6.45) is 2.02. The summed E-state index contributed by atoms with van der Waals surface area (Å²) in [6, 6.07) is 0. The molecule has 0 amide bonds. The first-order chi connectivity index (χ1) is 7.03. The maximum Gasteiger partial charge on any atom is 0.161 e. The lowest BCUT2D eigenvalue weighted by molar-refractivity contribution is 0.00916. The minimum absolute atomic E-state index is 0.348.